The molecule has 0 saturated carbocycles. The van der Waals surface area contributed by atoms with Gasteiger partial charge >= 0.3 is 0 Å². The Morgan fingerprint density at radius 1 is 1.20 bits per heavy atom. The second kappa shape index (κ2) is 6.84. The summed E-state index contributed by atoms with van der Waals surface area (Å²) in [6, 6.07) is 14.2. The van der Waals surface area contributed by atoms with Crippen molar-refractivity contribution in [3.8, 4) is 11.9 Å². The first-order chi connectivity index (χ1) is 12.1. The summed E-state index contributed by atoms with van der Waals surface area (Å²) >= 11 is 0. The Hall–Kier alpha value is -3.66. The Kier molecular flexibility index (Phi) is 4.44. The molecule has 3 aromatic rings. The van der Waals surface area contributed by atoms with Crippen molar-refractivity contribution in [3.63, 3.8) is 0 Å². The molecule has 3 rings (SSSR count). The predicted molar refractivity (Wildman–Crippen MR) is 90.2 cm³/mol. The highest BCUT2D eigenvalue weighted by Crippen LogP contribution is 2.27. The molecular weight excluding hydrogens is 320 g/mol. The van der Waals surface area contributed by atoms with Crippen LogP contribution in [0.2, 0.25) is 0 Å². The van der Waals surface area contributed by atoms with E-state index in [4.69, 9.17) is 4.42 Å². The van der Waals surface area contributed by atoms with Gasteiger partial charge in [0.05, 0.1) is 18.5 Å². The smallest absolute Gasteiger partial charge is 0.281 e. The fourth-order valence-corrected chi connectivity index (χ4v) is 2.36. The van der Waals surface area contributed by atoms with E-state index < -0.39 is 11.4 Å². The summed E-state index contributed by atoms with van der Waals surface area (Å²) in [6.45, 7) is 1.54. The quantitative estimate of drug-likeness (QED) is 0.733. The normalized spacial score (nSPS) is 10.9. The van der Waals surface area contributed by atoms with Gasteiger partial charge in [0.2, 0.25) is 5.88 Å². The molecule has 0 aliphatic carbocycles. The zero-order chi connectivity index (χ0) is 17.8. The molecule has 7 nitrogen and oxygen atoms in total. The van der Waals surface area contributed by atoms with Gasteiger partial charge < -0.3 is 9.52 Å². The fourth-order valence-electron chi connectivity index (χ4n) is 2.36. The van der Waals surface area contributed by atoms with E-state index in [1.54, 1.807) is 43.3 Å². The van der Waals surface area contributed by atoms with Crippen LogP contribution in [0.4, 0.5) is 11.4 Å². The van der Waals surface area contributed by atoms with Crippen LogP contribution in [-0.4, -0.2) is 9.67 Å². The minimum Gasteiger partial charge on any atom is -0.493 e. The van der Waals surface area contributed by atoms with Crippen LogP contribution >= 0.6 is 0 Å². The monoisotopic (exact) mass is 334 g/mol. The number of nitriles is 1. The SMILES string of the molecule is Cc1c(C#N)c(O)n(Cc2ccco2)c(=O)c1N=Nc1ccccc1. The van der Waals surface area contributed by atoms with Crippen LogP contribution in [-0.2, 0) is 6.54 Å². The zero-order valence-electron chi connectivity index (χ0n) is 13.4. The van der Waals surface area contributed by atoms with Crippen molar-refractivity contribution in [2.75, 3.05) is 0 Å². The number of azo groups is 1. The number of pyridine rings is 1. The molecule has 1 aromatic carbocycles. The van der Waals surface area contributed by atoms with Crippen LogP contribution in [0, 0.1) is 18.3 Å². The lowest BCUT2D eigenvalue weighted by molar-refractivity contribution is 0.397. The summed E-state index contributed by atoms with van der Waals surface area (Å²) in [5.41, 5.74) is 0.286. The van der Waals surface area contributed by atoms with E-state index in [1.807, 2.05) is 12.1 Å². The lowest BCUT2D eigenvalue weighted by Crippen LogP contribution is -2.22. The van der Waals surface area contributed by atoms with Crippen molar-refractivity contribution >= 4 is 11.4 Å². The molecule has 7 heteroatoms. The van der Waals surface area contributed by atoms with Crippen molar-refractivity contribution in [2.45, 2.75) is 13.5 Å². The molecule has 0 atom stereocenters. The molecule has 0 saturated heterocycles. The third-order valence-electron chi connectivity index (χ3n) is 3.68. The average molecular weight is 334 g/mol. The van der Waals surface area contributed by atoms with Crippen LogP contribution in [0.5, 0.6) is 5.88 Å². The Bertz CT molecular complexity index is 1010. The van der Waals surface area contributed by atoms with Crippen molar-refractivity contribution in [1.29, 1.82) is 5.26 Å². The Morgan fingerprint density at radius 3 is 2.60 bits per heavy atom. The third kappa shape index (κ3) is 3.19. The second-order valence-electron chi connectivity index (χ2n) is 5.29. The standard InChI is InChI=1S/C18H14N4O3/c1-12-15(10-19)17(23)22(11-14-8-5-9-25-14)18(24)16(12)21-20-13-6-3-2-4-7-13/h2-9,23H,11H2,1H3. The van der Waals surface area contributed by atoms with Crippen LogP contribution in [0.3, 0.4) is 0 Å². The number of aromatic hydroxyl groups is 1. The third-order valence-corrected chi connectivity index (χ3v) is 3.68. The van der Waals surface area contributed by atoms with Gasteiger partial charge in [-0.05, 0) is 31.2 Å². The van der Waals surface area contributed by atoms with Gasteiger partial charge in [0.25, 0.3) is 5.56 Å². The van der Waals surface area contributed by atoms with Crippen LogP contribution in [0.25, 0.3) is 0 Å². The number of aromatic nitrogens is 1. The summed E-state index contributed by atoms with van der Waals surface area (Å²) < 4.78 is 6.26. The summed E-state index contributed by atoms with van der Waals surface area (Å²) in [6.07, 6.45) is 1.47. The van der Waals surface area contributed by atoms with Gasteiger partial charge in [0.15, 0.2) is 5.69 Å². The van der Waals surface area contributed by atoms with Crippen LogP contribution in [0.1, 0.15) is 16.9 Å². The van der Waals surface area contributed by atoms with Crippen molar-refractivity contribution in [3.05, 3.63) is 76.0 Å². The number of nitrogens with zero attached hydrogens (tertiary/aromatic N) is 4. The highest BCUT2D eigenvalue weighted by atomic mass is 16.3. The molecular formula is C18H14N4O3. The highest BCUT2D eigenvalue weighted by molar-refractivity contribution is 5.56. The van der Waals surface area contributed by atoms with E-state index in [-0.39, 0.29) is 23.4 Å². The van der Waals surface area contributed by atoms with Crippen molar-refractivity contribution < 1.29 is 9.52 Å². The van der Waals surface area contributed by atoms with Gasteiger partial charge in [-0.1, -0.05) is 18.2 Å². The molecule has 0 aliphatic heterocycles. The summed E-state index contributed by atoms with van der Waals surface area (Å²) in [4.78, 5) is 12.7. The maximum Gasteiger partial charge on any atom is 0.281 e. The fraction of sp³-hybridized carbons (Fsp3) is 0.111. The first-order valence-corrected chi connectivity index (χ1v) is 7.47. The van der Waals surface area contributed by atoms with Gasteiger partial charge in [0, 0.05) is 5.56 Å². The molecule has 0 fully saturated rings. The summed E-state index contributed by atoms with van der Waals surface area (Å²) in [5, 5.41) is 27.7. The van der Waals surface area contributed by atoms with Gasteiger partial charge in [-0.25, -0.2) is 0 Å². The van der Waals surface area contributed by atoms with E-state index in [1.165, 1.54) is 6.26 Å². The van der Waals surface area contributed by atoms with Gasteiger partial charge in [-0.2, -0.15) is 10.4 Å². The molecule has 0 radical (unpaired) electrons. The second-order valence-corrected chi connectivity index (χ2v) is 5.29. The predicted octanol–water partition coefficient (Wildman–Crippen LogP) is 3.79. The Morgan fingerprint density at radius 2 is 1.96 bits per heavy atom. The topological polar surface area (TPSA) is 104 Å². The molecule has 2 aromatic heterocycles. The van der Waals surface area contributed by atoms with E-state index in [0.717, 1.165) is 4.57 Å². The highest BCUT2D eigenvalue weighted by Gasteiger charge is 2.19. The van der Waals surface area contributed by atoms with Gasteiger partial charge in [-0.3, -0.25) is 9.36 Å². The van der Waals surface area contributed by atoms with E-state index in [9.17, 15) is 15.2 Å². The lowest BCUT2D eigenvalue weighted by Gasteiger charge is -2.11. The first kappa shape index (κ1) is 16.2. The Labute approximate surface area is 143 Å². The molecule has 0 bridgehead atoms. The molecule has 1 N–H and O–H groups in total. The van der Waals surface area contributed by atoms with Crippen LogP contribution in [0.15, 0.2) is 68.2 Å². The number of rotatable bonds is 4. The number of hydrogen-bond acceptors (Lipinski definition) is 6. The largest absolute Gasteiger partial charge is 0.493 e. The van der Waals surface area contributed by atoms with E-state index in [0.29, 0.717) is 11.4 Å². The van der Waals surface area contributed by atoms with E-state index in [2.05, 4.69) is 10.2 Å². The molecule has 0 spiro atoms. The zero-order valence-corrected chi connectivity index (χ0v) is 13.4. The molecule has 124 valence electrons. The summed E-state index contributed by atoms with van der Waals surface area (Å²) in [5.74, 6) is 0.0520. The Balaban J connectivity index is 2.13. The van der Waals surface area contributed by atoms with Crippen LogP contribution < -0.4 is 5.56 Å². The van der Waals surface area contributed by atoms with Gasteiger partial charge in [0.1, 0.15) is 17.4 Å². The number of furan rings is 1. The number of hydrogen-bond donors (Lipinski definition) is 1. The maximum absolute atomic E-state index is 12.7. The molecule has 25 heavy (non-hydrogen) atoms. The van der Waals surface area contributed by atoms with Crippen molar-refractivity contribution in [2.24, 2.45) is 10.2 Å². The molecule has 0 amide bonds. The summed E-state index contributed by atoms with van der Waals surface area (Å²) in [7, 11) is 0. The minimum absolute atomic E-state index is 0.00441. The minimum atomic E-state index is -0.551. The van der Waals surface area contributed by atoms with E-state index >= 15 is 0 Å². The molecule has 0 unspecified atom stereocenters. The average Bonchev–Trinajstić information content (AvgIpc) is 3.13. The first-order valence-electron chi connectivity index (χ1n) is 7.47. The van der Waals surface area contributed by atoms with Gasteiger partial charge in [-0.15, -0.1) is 5.11 Å². The molecule has 0 aliphatic rings. The lowest BCUT2D eigenvalue weighted by atomic mass is 10.1. The molecule has 2 heterocycles. The van der Waals surface area contributed by atoms with Crippen molar-refractivity contribution in [1.82, 2.24) is 4.57 Å². The number of benzene rings is 1. The maximum atomic E-state index is 12.7.